The first-order chi connectivity index (χ1) is 13.8. The van der Waals surface area contributed by atoms with Crippen molar-refractivity contribution in [3.8, 4) is 0 Å². The van der Waals surface area contributed by atoms with Gasteiger partial charge in [0.1, 0.15) is 24.1 Å². The number of fused-ring (bicyclic) bond motifs is 1. The lowest BCUT2D eigenvalue weighted by atomic mass is 10.1. The summed E-state index contributed by atoms with van der Waals surface area (Å²) in [6, 6.07) is 4.88. The average molecular weight is 427 g/mol. The second-order valence-electron chi connectivity index (χ2n) is 6.47. The summed E-state index contributed by atoms with van der Waals surface area (Å²) in [5, 5.41) is 20.8. The normalized spacial score (nSPS) is 25.0. The molecule has 3 aromatic rings. The molecule has 1 saturated heterocycles. The molecule has 0 radical (unpaired) electrons. The van der Waals surface area contributed by atoms with E-state index in [0.717, 1.165) is 23.9 Å². The van der Waals surface area contributed by atoms with E-state index in [1.54, 1.807) is 0 Å². The Labute approximate surface area is 166 Å². The second kappa shape index (κ2) is 7.44. The third kappa shape index (κ3) is 3.75. The quantitative estimate of drug-likeness (QED) is 0.540. The lowest BCUT2D eigenvalue weighted by molar-refractivity contribution is -0.137. The monoisotopic (exact) mass is 427 g/mol. The van der Waals surface area contributed by atoms with Gasteiger partial charge in [0.25, 0.3) is 0 Å². The van der Waals surface area contributed by atoms with E-state index in [1.165, 1.54) is 29.4 Å². The number of nitrogens with two attached hydrogens (primary N) is 1. The van der Waals surface area contributed by atoms with Crippen LogP contribution in [0.5, 0.6) is 0 Å². The summed E-state index contributed by atoms with van der Waals surface area (Å²) in [6.07, 6.45) is -6.13. The van der Waals surface area contributed by atoms with Crippen LogP contribution in [0.1, 0.15) is 11.8 Å². The molecule has 4 rings (SSSR count). The minimum absolute atomic E-state index is 0.139. The van der Waals surface area contributed by atoms with Crippen LogP contribution in [0, 0.1) is 0 Å². The first kappa shape index (κ1) is 19.9. The first-order valence-corrected chi connectivity index (χ1v) is 9.49. The molecule has 4 atom stereocenters. The number of nitrogens with zero attached hydrogens (tertiary/aromatic N) is 4. The van der Waals surface area contributed by atoms with Crippen LogP contribution in [0.2, 0.25) is 0 Å². The largest absolute Gasteiger partial charge is 0.416 e. The van der Waals surface area contributed by atoms with Gasteiger partial charge in [-0.2, -0.15) is 13.2 Å². The maximum atomic E-state index is 12.9. The van der Waals surface area contributed by atoms with Crippen LogP contribution in [-0.2, 0) is 10.9 Å². The SMILES string of the molecule is Nc1ncnc2c1ncn2C1O[C@H](CSc2cccc(C(F)(F)F)c2)[C@@H](O)[C@H]1O. The van der Waals surface area contributed by atoms with Gasteiger partial charge in [0.05, 0.1) is 18.0 Å². The zero-order valence-electron chi connectivity index (χ0n) is 14.7. The number of alkyl halides is 3. The lowest BCUT2D eigenvalue weighted by Gasteiger charge is -2.16. The number of benzene rings is 1. The summed E-state index contributed by atoms with van der Waals surface area (Å²) in [7, 11) is 0. The molecule has 1 aliphatic rings. The average Bonchev–Trinajstić information content (AvgIpc) is 3.23. The Morgan fingerprint density at radius 3 is 2.72 bits per heavy atom. The molecular weight excluding hydrogens is 411 g/mol. The molecule has 0 aliphatic carbocycles. The van der Waals surface area contributed by atoms with Gasteiger partial charge in [0.15, 0.2) is 17.7 Å². The highest BCUT2D eigenvalue weighted by atomic mass is 32.2. The highest BCUT2D eigenvalue weighted by Gasteiger charge is 2.44. The van der Waals surface area contributed by atoms with Gasteiger partial charge in [-0.25, -0.2) is 15.0 Å². The molecule has 3 heterocycles. The van der Waals surface area contributed by atoms with Gasteiger partial charge in [-0.1, -0.05) is 6.07 Å². The fourth-order valence-electron chi connectivity index (χ4n) is 3.09. The molecule has 1 fully saturated rings. The van der Waals surface area contributed by atoms with Crippen molar-refractivity contribution in [2.45, 2.75) is 35.6 Å². The van der Waals surface area contributed by atoms with Crippen LogP contribution in [0.15, 0.2) is 41.8 Å². The number of aromatic nitrogens is 4. The Bertz CT molecular complexity index is 1030. The van der Waals surface area contributed by atoms with E-state index in [1.807, 2.05) is 0 Å². The number of anilines is 1. The van der Waals surface area contributed by atoms with Gasteiger partial charge in [-0.3, -0.25) is 4.57 Å². The predicted octanol–water partition coefficient (Wildman–Crippen LogP) is 1.84. The van der Waals surface area contributed by atoms with Crippen molar-refractivity contribution in [2.75, 3.05) is 11.5 Å². The second-order valence-corrected chi connectivity index (χ2v) is 7.56. The molecule has 8 nitrogen and oxygen atoms in total. The summed E-state index contributed by atoms with van der Waals surface area (Å²) in [5.74, 6) is 0.304. The molecule has 0 amide bonds. The van der Waals surface area contributed by atoms with Crippen LogP contribution in [0.4, 0.5) is 19.0 Å². The Morgan fingerprint density at radius 2 is 1.97 bits per heavy atom. The van der Waals surface area contributed by atoms with Crippen LogP contribution in [0.3, 0.4) is 0 Å². The molecule has 1 aliphatic heterocycles. The van der Waals surface area contributed by atoms with Crippen molar-refractivity contribution in [2.24, 2.45) is 0 Å². The molecule has 12 heteroatoms. The van der Waals surface area contributed by atoms with Crippen molar-refractivity contribution in [1.82, 2.24) is 19.5 Å². The van der Waals surface area contributed by atoms with E-state index in [9.17, 15) is 23.4 Å². The van der Waals surface area contributed by atoms with Gasteiger partial charge in [-0.05, 0) is 18.2 Å². The lowest BCUT2D eigenvalue weighted by Crippen LogP contribution is -2.32. The fourth-order valence-corrected chi connectivity index (χ4v) is 4.11. The summed E-state index contributed by atoms with van der Waals surface area (Å²) in [6.45, 7) is 0. The maximum Gasteiger partial charge on any atom is 0.416 e. The molecule has 0 saturated carbocycles. The minimum atomic E-state index is -4.44. The third-order valence-corrected chi connectivity index (χ3v) is 5.66. The number of rotatable bonds is 4. The predicted molar refractivity (Wildman–Crippen MR) is 97.8 cm³/mol. The summed E-state index contributed by atoms with van der Waals surface area (Å²) < 4.78 is 45.8. The molecule has 0 bridgehead atoms. The fraction of sp³-hybridized carbons (Fsp3) is 0.353. The molecule has 154 valence electrons. The summed E-state index contributed by atoms with van der Waals surface area (Å²) >= 11 is 1.09. The smallest absolute Gasteiger partial charge is 0.387 e. The Kier molecular flexibility index (Phi) is 5.11. The number of ether oxygens (including phenoxy) is 1. The van der Waals surface area contributed by atoms with Crippen LogP contribution >= 0.6 is 11.8 Å². The Balaban J connectivity index is 1.50. The number of hydrogen-bond donors (Lipinski definition) is 3. The summed E-state index contributed by atoms with van der Waals surface area (Å²) in [5.41, 5.74) is 5.66. The molecule has 1 aromatic carbocycles. The summed E-state index contributed by atoms with van der Waals surface area (Å²) in [4.78, 5) is 12.4. The third-order valence-electron chi connectivity index (χ3n) is 4.57. The van der Waals surface area contributed by atoms with Gasteiger partial charge in [0, 0.05) is 10.6 Å². The zero-order chi connectivity index (χ0) is 20.8. The molecule has 2 aromatic heterocycles. The van der Waals surface area contributed by atoms with E-state index in [2.05, 4.69) is 15.0 Å². The Hall–Kier alpha value is -2.41. The number of aliphatic hydroxyl groups excluding tert-OH is 2. The molecule has 29 heavy (non-hydrogen) atoms. The van der Waals surface area contributed by atoms with Crippen LogP contribution < -0.4 is 5.73 Å². The van der Waals surface area contributed by atoms with Crippen LogP contribution in [-0.4, -0.2) is 53.8 Å². The van der Waals surface area contributed by atoms with Gasteiger partial charge in [0.2, 0.25) is 0 Å². The standard InChI is InChI=1S/C17H16F3N5O3S/c18-17(19,20)8-2-1-3-9(4-8)29-5-10-12(26)13(27)16(28-10)25-7-24-11-14(21)22-6-23-15(11)25/h1-4,6-7,10,12-13,16,26-27H,5H2,(H2,21,22,23)/t10-,12-,13-,16?/m1/s1. The zero-order valence-corrected chi connectivity index (χ0v) is 15.5. The highest BCUT2D eigenvalue weighted by molar-refractivity contribution is 7.99. The maximum absolute atomic E-state index is 12.9. The number of thioether (sulfide) groups is 1. The van der Waals surface area contributed by atoms with Gasteiger partial charge in [-0.15, -0.1) is 11.8 Å². The number of halogens is 3. The Morgan fingerprint density at radius 1 is 1.17 bits per heavy atom. The van der Waals surface area contributed by atoms with E-state index in [-0.39, 0.29) is 11.6 Å². The van der Waals surface area contributed by atoms with Crippen molar-refractivity contribution in [3.63, 3.8) is 0 Å². The van der Waals surface area contributed by atoms with E-state index in [4.69, 9.17) is 10.5 Å². The highest BCUT2D eigenvalue weighted by Crippen LogP contribution is 2.36. The van der Waals surface area contributed by atoms with E-state index < -0.39 is 36.3 Å². The minimum Gasteiger partial charge on any atom is -0.387 e. The number of hydrogen-bond acceptors (Lipinski definition) is 8. The van der Waals surface area contributed by atoms with Crippen molar-refractivity contribution in [3.05, 3.63) is 42.5 Å². The van der Waals surface area contributed by atoms with Crippen molar-refractivity contribution >= 4 is 28.7 Å². The molecule has 1 unspecified atom stereocenters. The van der Waals surface area contributed by atoms with E-state index in [0.29, 0.717) is 16.1 Å². The van der Waals surface area contributed by atoms with Gasteiger partial charge < -0.3 is 20.7 Å². The number of aliphatic hydroxyl groups is 2. The van der Waals surface area contributed by atoms with Gasteiger partial charge >= 0.3 is 6.18 Å². The number of imidazole rings is 1. The number of nitrogen functional groups attached to an aromatic ring is 1. The topological polar surface area (TPSA) is 119 Å². The molecule has 0 spiro atoms. The first-order valence-electron chi connectivity index (χ1n) is 8.50. The van der Waals surface area contributed by atoms with Crippen LogP contribution in [0.25, 0.3) is 11.2 Å². The van der Waals surface area contributed by atoms with Crippen molar-refractivity contribution in [1.29, 1.82) is 0 Å². The molecule has 4 N–H and O–H groups in total. The van der Waals surface area contributed by atoms with E-state index >= 15 is 0 Å². The molecular formula is C17H16F3N5O3S. The van der Waals surface area contributed by atoms with Crippen molar-refractivity contribution < 1.29 is 28.1 Å².